The Morgan fingerprint density at radius 2 is 2.29 bits per heavy atom. The van der Waals surface area contributed by atoms with E-state index in [0.717, 1.165) is 12.8 Å². The second-order valence-corrected chi connectivity index (χ2v) is 4.20. The number of nitrogens with zero attached hydrogens (tertiary/aromatic N) is 1. The second-order valence-electron chi connectivity index (χ2n) is 4.20. The minimum atomic E-state index is -0.325. The summed E-state index contributed by atoms with van der Waals surface area (Å²) in [4.78, 5) is 16.2. The van der Waals surface area contributed by atoms with Gasteiger partial charge < -0.3 is 9.47 Å². The summed E-state index contributed by atoms with van der Waals surface area (Å²) in [7, 11) is 1.58. The standard InChI is InChI=1S/C13H17NO3/c1-3-17-11-6-10(7-14-8-11)12(15)13(16-2)9-4-5-9/h6-9,13H,3-5H2,1-2H3. The van der Waals surface area contributed by atoms with Crippen LogP contribution in [0.1, 0.15) is 30.1 Å². The fourth-order valence-electron chi connectivity index (χ4n) is 1.88. The zero-order chi connectivity index (χ0) is 12.3. The first kappa shape index (κ1) is 12.0. The van der Waals surface area contributed by atoms with Crippen molar-refractivity contribution in [2.45, 2.75) is 25.9 Å². The highest BCUT2D eigenvalue weighted by Gasteiger charge is 2.36. The van der Waals surface area contributed by atoms with Gasteiger partial charge in [0.25, 0.3) is 0 Å². The number of pyridine rings is 1. The van der Waals surface area contributed by atoms with E-state index >= 15 is 0 Å². The van der Waals surface area contributed by atoms with Crippen LogP contribution in [0.2, 0.25) is 0 Å². The van der Waals surface area contributed by atoms with Crippen LogP contribution in [0.4, 0.5) is 0 Å². The summed E-state index contributed by atoms with van der Waals surface area (Å²) in [6.45, 7) is 2.46. The summed E-state index contributed by atoms with van der Waals surface area (Å²) in [5, 5.41) is 0. The van der Waals surface area contributed by atoms with E-state index in [9.17, 15) is 4.79 Å². The van der Waals surface area contributed by atoms with Crippen molar-refractivity contribution >= 4 is 5.78 Å². The van der Waals surface area contributed by atoms with Gasteiger partial charge in [-0.2, -0.15) is 0 Å². The third-order valence-corrected chi connectivity index (χ3v) is 2.87. The summed E-state index contributed by atoms with van der Waals surface area (Å²) >= 11 is 0. The molecule has 2 rings (SSSR count). The van der Waals surface area contributed by atoms with Crippen molar-refractivity contribution in [2.75, 3.05) is 13.7 Å². The van der Waals surface area contributed by atoms with Crippen LogP contribution in [-0.2, 0) is 4.74 Å². The largest absolute Gasteiger partial charge is 0.492 e. The van der Waals surface area contributed by atoms with Gasteiger partial charge in [-0.1, -0.05) is 0 Å². The highest BCUT2D eigenvalue weighted by Crippen LogP contribution is 2.35. The number of methoxy groups -OCH3 is 1. The Hall–Kier alpha value is -1.42. The van der Waals surface area contributed by atoms with E-state index in [1.54, 1.807) is 25.6 Å². The number of hydrogen-bond acceptors (Lipinski definition) is 4. The highest BCUT2D eigenvalue weighted by atomic mass is 16.5. The van der Waals surface area contributed by atoms with E-state index in [1.165, 1.54) is 0 Å². The third kappa shape index (κ3) is 2.82. The number of ether oxygens (including phenoxy) is 2. The van der Waals surface area contributed by atoms with Gasteiger partial charge in [-0.3, -0.25) is 9.78 Å². The van der Waals surface area contributed by atoms with Gasteiger partial charge in [0.1, 0.15) is 11.9 Å². The van der Waals surface area contributed by atoms with Crippen molar-refractivity contribution in [3.05, 3.63) is 24.0 Å². The molecule has 1 aliphatic rings. The number of rotatable bonds is 6. The van der Waals surface area contributed by atoms with Crippen LogP contribution < -0.4 is 4.74 Å². The Labute approximate surface area is 101 Å². The molecule has 1 aromatic rings. The molecule has 1 saturated carbocycles. The lowest BCUT2D eigenvalue weighted by Crippen LogP contribution is -2.25. The van der Waals surface area contributed by atoms with Crippen molar-refractivity contribution in [2.24, 2.45) is 5.92 Å². The number of hydrogen-bond donors (Lipinski definition) is 0. The van der Waals surface area contributed by atoms with Gasteiger partial charge in [0.2, 0.25) is 0 Å². The molecule has 0 aliphatic heterocycles. The monoisotopic (exact) mass is 235 g/mol. The summed E-state index contributed by atoms with van der Waals surface area (Å²) in [6.07, 6.45) is 5.00. The molecule has 4 heteroatoms. The van der Waals surface area contributed by atoms with Crippen LogP contribution in [0.15, 0.2) is 18.5 Å². The highest BCUT2D eigenvalue weighted by molar-refractivity contribution is 5.99. The zero-order valence-electron chi connectivity index (χ0n) is 10.2. The van der Waals surface area contributed by atoms with Gasteiger partial charge in [0.05, 0.1) is 12.8 Å². The van der Waals surface area contributed by atoms with E-state index in [4.69, 9.17) is 9.47 Å². The molecule has 0 radical (unpaired) electrons. The molecule has 0 spiro atoms. The SMILES string of the molecule is CCOc1cncc(C(=O)C(OC)C2CC2)c1. The van der Waals surface area contributed by atoms with Gasteiger partial charge in [-0.05, 0) is 31.7 Å². The first-order valence-corrected chi connectivity index (χ1v) is 5.91. The van der Waals surface area contributed by atoms with Crippen LogP contribution >= 0.6 is 0 Å². The lowest BCUT2D eigenvalue weighted by atomic mass is 10.0. The number of Topliss-reactive ketones (excluding diaryl/α,β-unsaturated/α-hetero) is 1. The molecule has 1 unspecified atom stereocenters. The molecule has 0 N–H and O–H groups in total. The molecule has 1 aliphatic carbocycles. The molecular weight excluding hydrogens is 218 g/mol. The van der Waals surface area contributed by atoms with Crippen LogP contribution in [0, 0.1) is 5.92 Å². The van der Waals surface area contributed by atoms with Gasteiger partial charge >= 0.3 is 0 Å². The van der Waals surface area contributed by atoms with Crippen LogP contribution in [0.25, 0.3) is 0 Å². The smallest absolute Gasteiger partial charge is 0.193 e. The van der Waals surface area contributed by atoms with Crippen molar-refractivity contribution in [3.63, 3.8) is 0 Å². The topological polar surface area (TPSA) is 48.4 Å². The van der Waals surface area contributed by atoms with Gasteiger partial charge in [-0.25, -0.2) is 0 Å². The van der Waals surface area contributed by atoms with E-state index in [-0.39, 0.29) is 11.9 Å². The van der Waals surface area contributed by atoms with Crippen molar-refractivity contribution in [1.82, 2.24) is 4.98 Å². The molecule has 1 heterocycles. The van der Waals surface area contributed by atoms with Crippen LogP contribution in [-0.4, -0.2) is 30.6 Å². The lowest BCUT2D eigenvalue weighted by Gasteiger charge is -2.13. The maximum atomic E-state index is 12.2. The zero-order valence-corrected chi connectivity index (χ0v) is 10.2. The molecule has 1 atom stereocenters. The van der Waals surface area contributed by atoms with Crippen LogP contribution in [0.3, 0.4) is 0 Å². The molecular formula is C13H17NO3. The number of ketones is 1. The first-order valence-electron chi connectivity index (χ1n) is 5.91. The summed E-state index contributed by atoms with van der Waals surface area (Å²) in [5.41, 5.74) is 0.565. The van der Waals surface area contributed by atoms with Crippen LogP contribution in [0.5, 0.6) is 5.75 Å². The molecule has 1 aromatic heterocycles. The molecule has 1 fully saturated rings. The molecule has 0 bridgehead atoms. The Bertz CT molecular complexity index is 401. The van der Waals surface area contributed by atoms with E-state index in [2.05, 4.69) is 4.98 Å². The lowest BCUT2D eigenvalue weighted by molar-refractivity contribution is 0.0539. The van der Waals surface area contributed by atoms with Gasteiger partial charge in [-0.15, -0.1) is 0 Å². The summed E-state index contributed by atoms with van der Waals surface area (Å²) in [6, 6.07) is 1.73. The Balaban J connectivity index is 2.14. The summed E-state index contributed by atoms with van der Waals surface area (Å²) < 4.78 is 10.6. The Kier molecular flexibility index (Phi) is 3.74. The van der Waals surface area contributed by atoms with E-state index in [0.29, 0.717) is 23.8 Å². The number of carbonyl (C=O) groups is 1. The van der Waals surface area contributed by atoms with Crippen molar-refractivity contribution in [3.8, 4) is 5.75 Å². The number of aromatic nitrogens is 1. The average molecular weight is 235 g/mol. The minimum absolute atomic E-state index is 0.00375. The average Bonchev–Trinajstić information content (AvgIpc) is 3.15. The fraction of sp³-hybridized carbons (Fsp3) is 0.538. The normalized spacial score (nSPS) is 16.6. The fourth-order valence-corrected chi connectivity index (χ4v) is 1.88. The second kappa shape index (κ2) is 5.27. The maximum absolute atomic E-state index is 12.2. The molecule has 0 aromatic carbocycles. The number of carbonyl (C=O) groups excluding carboxylic acids is 1. The molecule has 4 nitrogen and oxygen atoms in total. The van der Waals surface area contributed by atoms with Gasteiger partial charge in [0.15, 0.2) is 5.78 Å². The maximum Gasteiger partial charge on any atom is 0.193 e. The Morgan fingerprint density at radius 3 is 2.88 bits per heavy atom. The van der Waals surface area contributed by atoms with E-state index in [1.807, 2.05) is 6.92 Å². The first-order chi connectivity index (χ1) is 8.26. The third-order valence-electron chi connectivity index (χ3n) is 2.87. The van der Waals surface area contributed by atoms with Crippen molar-refractivity contribution in [1.29, 1.82) is 0 Å². The molecule has 0 amide bonds. The molecule has 0 saturated heterocycles. The molecule has 17 heavy (non-hydrogen) atoms. The van der Waals surface area contributed by atoms with E-state index < -0.39 is 0 Å². The van der Waals surface area contributed by atoms with Crippen molar-refractivity contribution < 1.29 is 14.3 Å². The van der Waals surface area contributed by atoms with Gasteiger partial charge in [0, 0.05) is 18.9 Å². The summed E-state index contributed by atoms with van der Waals surface area (Å²) in [5.74, 6) is 1.01. The quantitative estimate of drug-likeness (QED) is 0.708. The predicted octanol–water partition coefficient (Wildman–Crippen LogP) is 2.09. The predicted molar refractivity (Wildman–Crippen MR) is 63.3 cm³/mol. The molecule has 92 valence electrons. The minimum Gasteiger partial charge on any atom is -0.492 e. The Morgan fingerprint density at radius 1 is 1.53 bits per heavy atom.